The normalized spacial score (nSPS) is 14.9. The van der Waals surface area contributed by atoms with Crippen LogP contribution in [0.25, 0.3) is 0 Å². The zero-order valence-corrected chi connectivity index (χ0v) is 14.9. The van der Waals surface area contributed by atoms with Gasteiger partial charge in [-0.15, -0.1) is 12.4 Å². The van der Waals surface area contributed by atoms with Gasteiger partial charge in [0.15, 0.2) is 0 Å². The van der Waals surface area contributed by atoms with E-state index in [0.29, 0.717) is 12.3 Å². The number of rotatable bonds is 5. The second-order valence-electron chi connectivity index (χ2n) is 5.87. The van der Waals surface area contributed by atoms with Crippen molar-refractivity contribution in [3.8, 4) is 11.5 Å². The SMILES string of the molecule is Cl.O=C(CN1CCCNCC1)Nc1cccc(Oc2ccccc2)c1. The van der Waals surface area contributed by atoms with Crippen LogP contribution in [0.1, 0.15) is 6.42 Å². The molecular formula is C19H24ClN3O2. The van der Waals surface area contributed by atoms with Crippen molar-refractivity contribution in [3.05, 3.63) is 54.6 Å². The Morgan fingerprint density at radius 2 is 1.84 bits per heavy atom. The third-order valence-electron chi connectivity index (χ3n) is 3.90. The highest BCUT2D eigenvalue weighted by molar-refractivity contribution is 5.92. The van der Waals surface area contributed by atoms with Crippen LogP contribution in [0.15, 0.2) is 54.6 Å². The molecule has 0 spiro atoms. The van der Waals surface area contributed by atoms with Crippen LogP contribution < -0.4 is 15.4 Å². The van der Waals surface area contributed by atoms with E-state index in [2.05, 4.69) is 15.5 Å². The summed E-state index contributed by atoms with van der Waals surface area (Å²) in [5.74, 6) is 1.49. The van der Waals surface area contributed by atoms with Gasteiger partial charge in [-0.1, -0.05) is 24.3 Å². The van der Waals surface area contributed by atoms with Gasteiger partial charge in [-0.25, -0.2) is 0 Å². The average Bonchev–Trinajstić information content (AvgIpc) is 2.84. The van der Waals surface area contributed by atoms with Crippen molar-refractivity contribution >= 4 is 24.0 Å². The quantitative estimate of drug-likeness (QED) is 0.859. The number of nitrogens with one attached hydrogen (secondary N) is 2. The first-order valence-corrected chi connectivity index (χ1v) is 8.35. The number of carbonyl (C=O) groups excluding carboxylic acids is 1. The summed E-state index contributed by atoms with van der Waals surface area (Å²) in [6, 6.07) is 17.1. The van der Waals surface area contributed by atoms with Crippen LogP contribution in [0, 0.1) is 0 Å². The lowest BCUT2D eigenvalue weighted by atomic mass is 10.3. The van der Waals surface area contributed by atoms with E-state index in [0.717, 1.165) is 44.0 Å². The Hall–Kier alpha value is -2.08. The van der Waals surface area contributed by atoms with Gasteiger partial charge in [-0.3, -0.25) is 9.69 Å². The molecule has 3 rings (SSSR count). The van der Waals surface area contributed by atoms with E-state index in [-0.39, 0.29) is 18.3 Å². The number of para-hydroxylation sites is 1. The molecule has 0 radical (unpaired) electrons. The molecule has 134 valence electrons. The highest BCUT2D eigenvalue weighted by Crippen LogP contribution is 2.23. The summed E-state index contributed by atoms with van der Waals surface area (Å²) in [7, 11) is 0. The van der Waals surface area contributed by atoms with Crippen molar-refractivity contribution in [1.82, 2.24) is 10.2 Å². The zero-order chi connectivity index (χ0) is 16.6. The molecule has 0 aromatic heterocycles. The van der Waals surface area contributed by atoms with Gasteiger partial charge in [0.2, 0.25) is 5.91 Å². The van der Waals surface area contributed by atoms with Gasteiger partial charge in [-0.2, -0.15) is 0 Å². The first-order valence-electron chi connectivity index (χ1n) is 8.35. The van der Waals surface area contributed by atoms with Gasteiger partial charge < -0.3 is 15.4 Å². The van der Waals surface area contributed by atoms with E-state index < -0.39 is 0 Å². The molecule has 0 aliphatic carbocycles. The number of nitrogens with zero attached hydrogens (tertiary/aromatic N) is 1. The Morgan fingerprint density at radius 1 is 1.04 bits per heavy atom. The van der Waals surface area contributed by atoms with Crippen LogP contribution in [-0.4, -0.2) is 43.5 Å². The van der Waals surface area contributed by atoms with Crippen LogP contribution in [0.2, 0.25) is 0 Å². The number of halogens is 1. The fraction of sp³-hybridized carbons (Fsp3) is 0.316. The van der Waals surface area contributed by atoms with Gasteiger partial charge in [0, 0.05) is 24.8 Å². The number of benzene rings is 2. The molecule has 1 saturated heterocycles. The maximum Gasteiger partial charge on any atom is 0.238 e. The minimum absolute atomic E-state index is 0. The molecule has 0 unspecified atom stereocenters. The van der Waals surface area contributed by atoms with Gasteiger partial charge in [0.25, 0.3) is 0 Å². The summed E-state index contributed by atoms with van der Waals surface area (Å²) in [5, 5.41) is 6.30. The molecular weight excluding hydrogens is 338 g/mol. The summed E-state index contributed by atoms with van der Waals surface area (Å²) in [6.45, 7) is 4.25. The van der Waals surface area contributed by atoms with Crippen molar-refractivity contribution in [1.29, 1.82) is 0 Å². The first kappa shape index (κ1) is 19.2. The highest BCUT2D eigenvalue weighted by Gasteiger charge is 2.13. The molecule has 1 heterocycles. The number of amides is 1. The summed E-state index contributed by atoms with van der Waals surface area (Å²) in [5.41, 5.74) is 0.751. The molecule has 1 aliphatic rings. The van der Waals surface area contributed by atoms with Crippen molar-refractivity contribution in [2.75, 3.05) is 38.0 Å². The number of anilines is 1. The minimum atomic E-state index is 0. The molecule has 1 aliphatic heterocycles. The molecule has 1 amide bonds. The molecule has 6 heteroatoms. The zero-order valence-electron chi connectivity index (χ0n) is 14.1. The Bertz CT molecular complexity index is 659. The van der Waals surface area contributed by atoms with Crippen molar-refractivity contribution in [2.45, 2.75) is 6.42 Å². The third-order valence-corrected chi connectivity index (χ3v) is 3.90. The Kier molecular flexibility index (Phi) is 7.73. The monoisotopic (exact) mass is 361 g/mol. The Labute approximate surface area is 154 Å². The molecule has 2 aromatic carbocycles. The maximum absolute atomic E-state index is 12.2. The van der Waals surface area contributed by atoms with Crippen molar-refractivity contribution < 1.29 is 9.53 Å². The van der Waals surface area contributed by atoms with Gasteiger partial charge in [-0.05, 0) is 43.8 Å². The molecule has 0 saturated carbocycles. The fourth-order valence-corrected chi connectivity index (χ4v) is 2.73. The van der Waals surface area contributed by atoms with Crippen LogP contribution in [0.3, 0.4) is 0 Å². The minimum Gasteiger partial charge on any atom is -0.457 e. The van der Waals surface area contributed by atoms with Gasteiger partial charge in [0.1, 0.15) is 11.5 Å². The van der Waals surface area contributed by atoms with Crippen molar-refractivity contribution in [2.24, 2.45) is 0 Å². The van der Waals surface area contributed by atoms with Crippen LogP contribution in [0.5, 0.6) is 11.5 Å². The van der Waals surface area contributed by atoms with Gasteiger partial charge >= 0.3 is 0 Å². The number of hydrogen-bond donors (Lipinski definition) is 2. The number of carbonyl (C=O) groups is 1. The lowest BCUT2D eigenvalue weighted by molar-refractivity contribution is -0.117. The second-order valence-corrected chi connectivity index (χ2v) is 5.87. The second kappa shape index (κ2) is 10.0. The standard InChI is InChI=1S/C19H23N3O2.ClH/c23-19(15-22-12-5-10-20-11-13-22)21-16-6-4-9-18(14-16)24-17-7-2-1-3-8-17;/h1-4,6-9,14,20H,5,10-13,15H2,(H,21,23);1H. The predicted molar refractivity (Wildman–Crippen MR) is 103 cm³/mol. The predicted octanol–water partition coefficient (Wildman–Crippen LogP) is 3.13. The van der Waals surface area contributed by atoms with E-state index in [1.54, 1.807) is 0 Å². The van der Waals surface area contributed by atoms with Crippen molar-refractivity contribution in [3.63, 3.8) is 0 Å². The third kappa shape index (κ3) is 6.38. The fourth-order valence-electron chi connectivity index (χ4n) is 2.73. The number of hydrogen-bond acceptors (Lipinski definition) is 4. The average molecular weight is 362 g/mol. The lowest BCUT2D eigenvalue weighted by Gasteiger charge is -2.18. The summed E-state index contributed by atoms with van der Waals surface area (Å²) in [4.78, 5) is 14.4. The van der Waals surface area contributed by atoms with E-state index >= 15 is 0 Å². The van der Waals surface area contributed by atoms with Crippen LogP contribution >= 0.6 is 12.4 Å². The Morgan fingerprint density at radius 3 is 2.68 bits per heavy atom. The maximum atomic E-state index is 12.2. The largest absolute Gasteiger partial charge is 0.457 e. The number of ether oxygens (including phenoxy) is 1. The van der Waals surface area contributed by atoms with Crippen LogP contribution in [0.4, 0.5) is 5.69 Å². The topological polar surface area (TPSA) is 53.6 Å². The Balaban J connectivity index is 0.00000225. The highest BCUT2D eigenvalue weighted by atomic mass is 35.5. The van der Waals surface area contributed by atoms with E-state index in [9.17, 15) is 4.79 Å². The smallest absolute Gasteiger partial charge is 0.238 e. The molecule has 25 heavy (non-hydrogen) atoms. The van der Waals surface area contributed by atoms with E-state index in [1.165, 1.54) is 0 Å². The van der Waals surface area contributed by atoms with Crippen LogP contribution in [-0.2, 0) is 4.79 Å². The summed E-state index contributed by atoms with van der Waals surface area (Å²) < 4.78 is 5.80. The first-order chi connectivity index (χ1) is 11.8. The summed E-state index contributed by atoms with van der Waals surface area (Å²) >= 11 is 0. The molecule has 2 N–H and O–H groups in total. The molecule has 1 fully saturated rings. The lowest BCUT2D eigenvalue weighted by Crippen LogP contribution is -2.35. The molecule has 5 nitrogen and oxygen atoms in total. The summed E-state index contributed by atoms with van der Waals surface area (Å²) in [6.07, 6.45) is 1.08. The van der Waals surface area contributed by atoms with E-state index in [1.807, 2.05) is 54.6 Å². The molecule has 0 atom stereocenters. The van der Waals surface area contributed by atoms with Gasteiger partial charge in [0.05, 0.1) is 6.54 Å². The van der Waals surface area contributed by atoms with E-state index in [4.69, 9.17) is 4.74 Å². The molecule has 2 aromatic rings. The molecule has 0 bridgehead atoms.